The monoisotopic (exact) mass is 351 g/mol. The van der Waals surface area contributed by atoms with Gasteiger partial charge < -0.3 is 0 Å². The molecule has 1 N–H and O–H groups in total. The lowest BCUT2D eigenvalue weighted by Crippen LogP contribution is -2.33. The van der Waals surface area contributed by atoms with Crippen molar-refractivity contribution >= 4 is 21.7 Å². The number of aromatic nitrogens is 3. The van der Waals surface area contributed by atoms with Gasteiger partial charge in [-0.2, -0.15) is 0 Å². The molecule has 0 aliphatic heterocycles. The molecule has 110 valence electrons. The molecule has 2 heterocycles. The first kappa shape index (κ1) is 15.4. The van der Waals surface area contributed by atoms with Crippen LogP contribution < -0.4 is 11.2 Å². The Balaban J connectivity index is 2.15. The van der Waals surface area contributed by atoms with Crippen molar-refractivity contribution in [2.75, 3.05) is 0 Å². The van der Waals surface area contributed by atoms with E-state index in [9.17, 15) is 14.4 Å². The van der Waals surface area contributed by atoms with Crippen molar-refractivity contribution < 1.29 is 4.79 Å². The Hall–Kier alpha value is -2.02. The Morgan fingerprint density at radius 1 is 1.33 bits per heavy atom. The topological polar surface area (TPSA) is 84.8 Å². The van der Waals surface area contributed by atoms with Crippen LogP contribution >= 0.6 is 15.9 Å². The molecule has 0 saturated carbocycles. The number of halogens is 1. The summed E-state index contributed by atoms with van der Waals surface area (Å²) in [6, 6.07) is 3.59. The van der Waals surface area contributed by atoms with Crippen molar-refractivity contribution in [2.45, 2.75) is 26.8 Å². The average molecular weight is 352 g/mol. The number of nitrogens with zero attached hydrogens (tertiary/aromatic N) is 2. The van der Waals surface area contributed by atoms with Gasteiger partial charge in [0, 0.05) is 21.9 Å². The lowest BCUT2D eigenvalue weighted by atomic mass is 10.2. The summed E-state index contributed by atoms with van der Waals surface area (Å²) in [5, 5.41) is 0. The summed E-state index contributed by atoms with van der Waals surface area (Å²) in [4.78, 5) is 41.4. The van der Waals surface area contributed by atoms with Crippen LogP contribution in [0.5, 0.6) is 0 Å². The van der Waals surface area contributed by atoms with Gasteiger partial charge in [0.25, 0.3) is 5.56 Å². The number of pyridine rings is 1. The van der Waals surface area contributed by atoms with Gasteiger partial charge in [0.2, 0.25) is 0 Å². The number of rotatable bonds is 4. The maximum Gasteiger partial charge on any atom is 0.328 e. The quantitative estimate of drug-likeness (QED) is 0.894. The highest BCUT2D eigenvalue weighted by Gasteiger charge is 2.09. The molecular weight excluding hydrogens is 338 g/mol. The molecule has 0 aromatic carbocycles. The van der Waals surface area contributed by atoms with Crippen LogP contribution in [0.4, 0.5) is 0 Å². The summed E-state index contributed by atoms with van der Waals surface area (Å²) >= 11 is 3.35. The fraction of sp³-hybridized carbons (Fsp3) is 0.286. The first-order valence-corrected chi connectivity index (χ1v) is 7.10. The van der Waals surface area contributed by atoms with Gasteiger partial charge in [-0.25, -0.2) is 4.79 Å². The maximum absolute atomic E-state index is 12.0. The van der Waals surface area contributed by atoms with Gasteiger partial charge in [-0.05, 0) is 41.9 Å². The first-order valence-electron chi connectivity index (χ1n) is 6.31. The molecule has 7 heteroatoms. The van der Waals surface area contributed by atoms with Gasteiger partial charge in [-0.3, -0.25) is 24.1 Å². The number of ketones is 1. The van der Waals surface area contributed by atoms with E-state index >= 15 is 0 Å². The number of H-pyrrole nitrogens is 1. The highest BCUT2D eigenvalue weighted by molar-refractivity contribution is 9.10. The second kappa shape index (κ2) is 6.17. The van der Waals surface area contributed by atoms with Gasteiger partial charge >= 0.3 is 5.69 Å². The van der Waals surface area contributed by atoms with Gasteiger partial charge in [-0.1, -0.05) is 0 Å². The molecule has 2 aromatic heterocycles. The molecule has 0 amide bonds. The molecule has 0 unspecified atom stereocenters. The molecule has 2 aromatic rings. The molecule has 21 heavy (non-hydrogen) atoms. The zero-order valence-electron chi connectivity index (χ0n) is 11.6. The summed E-state index contributed by atoms with van der Waals surface area (Å²) in [5.41, 5.74) is 0.819. The summed E-state index contributed by atoms with van der Waals surface area (Å²) in [7, 11) is 0. The van der Waals surface area contributed by atoms with Crippen LogP contribution in [-0.4, -0.2) is 20.3 Å². The van der Waals surface area contributed by atoms with Gasteiger partial charge in [0.15, 0.2) is 5.78 Å². The SMILES string of the molecule is Cc1nc(CC(=O)Cn2cc(C)c(=O)[nH]c2=O)ccc1Br. The summed E-state index contributed by atoms with van der Waals surface area (Å²) in [5.74, 6) is -0.155. The van der Waals surface area contributed by atoms with Crippen LogP contribution in [0.25, 0.3) is 0 Å². The smallest absolute Gasteiger partial charge is 0.297 e. The number of aromatic amines is 1. The molecule has 0 aliphatic rings. The summed E-state index contributed by atoms with van der Waals surface area (Å²) in [6.07, 6.45) is 1.53. The Labute approximate surface area is 129 Å². The number of carbonyl (C=O) groups is 1. The second-order valence-corrected chi connectivity index (χ2v) is 5.64. The molecular formula is C14H14BrN3O3. The average Bonchev–Trinajstić information content (AvgIpc) is 2.40. The first-order chi connectivity index (χ1) is 9.86. The normalized spacial score (nSPS) is 10.6. The van der Waals surface area contributed by atoms with Crippen LogP contribution in [0.15, 0.2) is 32.4 Å². The fourth-order valence-electron chi connectivity index (χ4n) is 1.88. The number of hydrogen-bond acceptors (Lipinski definition) is 4. The van der Waals surface area contributed by atoms with Crippen LogP contribution in [0.3, 0.4) is 0 Å². The fourth-order valence-corrected chi connectivity index (χ4v) is 2.10. The molecule has 0 aliphatic carbocycles. The predicted octanol–water partition coefficient (Wildman–Crippen LogP) is 1.12. The molecule has 0 radical (unpaired) electrons. The molecule has 6 nitrogen and oxygen atoms in total. The van der Waals surface area contributed by atoms with E-state index in [-0.39, 0.29) is 18.7 Å². The Kier molecular flexibility index (Phi) is 4.52. The molecule has 0 bridgehead atoms. The molecule has 0 saturated heterocycles. The molecule has 0 atom stereocenters. The lowest BCUT2D eigenvalue weighted by Gasteiger charge is -2.06. The minimum Gasteiger partial charge on any atom is -0.297 e. The van der Waals surface area contributed by atoms with Crippen molar-refractivity contribution in [2.24, 2.45) is 0 Å². The number of nitrogens with one attached hydrogen (secondary N) is 1. The highest BCUT2D eigenvalue weighted by atomic mass is 79.9. The molecule has 0 fully saturated rings. The lowest BCUT2D eigenvalue weighted by molar-refractivity contribution is -0.119. The Morgan fingerprint density at radius 2 is 2.05 bits per heavy atom. The van der Waals surface area contributed by atoms with E-state index in [1.165, 1.54) is 10.8 Å². The van der Waals surface area contributed by atoms with E-state index in [0.29, 0.717) is 11.3 Å². The minimum absolute atomic E-state index is 0.0900. The van der Waals surface area contributed by atoms with Gasteiger partial charge in [0.1, 0.15) is 0 Å². The highest BCUT2D eigenvalue weighted by Crippen LogP contribution is 2.14. The third-order valence-electron chi connectivity index (χ3n) is 2.99. The summed E-state index contributed by atoms with van der Waals surface area (Å²) < 4.78 is 2.08. The summed E-state index contributed by atoms with van der Waals surface area (Å²) in [6.45, 7) is 3.33. The minimum atomic E-state index is -0.584. The molecule has 0 spiro atoms. The van der Waals surface area contributed by atoms with Crippen LogP contribution in [0, 0.1) is 13.8 Å². The van der Waals surface area contributed by atoms with Crippen molar-refractivity contribution in [3.8, 4) is 0 Å². The van der Waals surface area contributed by atoms with Crippen molar-refractivity contribution in [1.82, 2.24) is 14.5 Å². The Morgan fingerprint density at radius 3 is 2.71 bits per heavy atom. The second-order valence-electron chi connectivity index (χ2n) is 4.78. The number of carbonyl (C=O) groups excluding carboxylic acids is 1. The van der Waals surface area contributed by atoms with Crippen LogP contribution in [0.1, 0.15) is 17.0 Å². The zero-order valence-corrected chi connectivity index (χ0v) is 13.2. The number of aryl methyl sites for hydroxylation is 2. The predicted molar refractivity (Wildman–Crippen MR) is 81.4 cm³/mol. The van der Waals surface area contributed by atoms with Crippen LogP contribution in [0.2, 0.25) is 0 Å². The largest absolute Gasteiger partial charge is 0.328 e. The molecule has 2 rings (SSSR count). The van der Waals surface area contributed by atoms with Crippen molar-refractivity contribution in [3.05, 3.63) is 60.6 Å². The third kappa shape index (κ3) is 3.75. The van der Waals surface area contributed by atoms with E-state index in [1.54, 1.807) is 13.0 Å². The van der Waals surface area contributed by atoms with Gasteiger partial charge in [-0.15, -0.1) is 0 Å². The van der Waals surface area contributed by atoms with Gasteiger partial charge in [0.05, 0.1) is 18.7 Å². The van der Waals surface area contributed by atoms with Crippen LogP contribution in [-0.2, 0) is 17.8 Å². The van der Waals surface area contributed by atoms with Crippen molar-refractivity contribution in [3.63, 3.8) is 0 Å². The van der Waals surface area contributed by atoms with Crippen molar-refractivity contribution in [1.29, 1.82) is 0 Å². The standard InChI is InChI=1S/C14H14BrN3O3/c1-8-6-18(14(21)17-13(8)20)7-11(19)5-10-3-4-12(15)9(2)16-10/h3-4,6H,5,7H2,1-2H3,(H,17,20,21). The van der Waals surface area contributed by atoms with E-state index in [4.69, 9.17) is 0 Å². The number of hydrogen-bond donors (Lipinski definition) is 1. The zero-order chi connectivity index (χ0) is 15.6. The van der Waals surface area contributed by atoms with E-state index in [0.717, 1.165) is 10.2 Å². The Bertz CT molecular complexity index is 808. The van der Waals surface area contributed by atoms with E-state index < -0.39 is 11.2 Å². The number of Topliss-reactive ketones (excluding diaryl/α,β-unsaturated/α-hetero) is 1. The van der Waals surface area contributed by atoms with E-state index in [2.05, 4.69) is 25.9 Å². The third-order valence-corrected chi connectivity index (χ3v) is 3.83. The van der Waals surface area contributed by atoms with E-state index in [1.807, 2.05) is 13.0 Å². The maximum atomic E-state index is 12.0.